The van der Waals surface area contributed by atoms with E-state index >= 15 is 0 Å². The summed E-state index contributed by atoms with van der Waals surface area (Å²) in [5.74, 6) is 0.264. The van der Waals surface area contributed by atoms with Crippen LogP contribution in [0.25, 0.3) is 0 Å². The zero-order valence-electron chi connectivity index (χ0n) is 13.5. The number of carbonyl (C=O) groups excluding carboxylic acids is 2. The molecule has 0 unspecified atom stereocenters. The zero-order chi connectivity index (χ0) is 15.4. The molecule has 2 heterocycles. The second-order valence-electron chi connectivity index (χ2n) is 6.91. The van der Waals surface area contributed by atoms with Gasteiger partial charge in [-0.05, 0) is 32.1 Å². The zero-order valence-corrected chi connectivity index (χ0v) is 13.5. The Morgan fingerprint density at radius 2 is 1.77 bits per heavy atom. The van der Waals surface area contributed by atoms with Crippen LogP contribution in [0, 0.1) is 5.92 Å². The van der Waals surface area contributed by atoms with E-state index < -0.39 is 0 Å². The Kier molecular flexibility index (Phi) is 5.34. The molecular formula is C17H28N2O3. The predicted octanol–water partition coefficient (Wildman–Crippen LogP) is 2.50. The number of hydrogen-bond acceptors (Lipinski definition) is 3. The van der Waals surface area contributed by atoms with E-state index in [2.05, 4.69) is 0 Å². The molecule has 5 nitrogen and oxygen atoms in total. The van der Waals surface area contributed by atoms with Gasteiger partial charge in [-0.1, -0.05) is 25.7 Å². The molecule has 3 rings (SSSR count). The molecule has 1 atom stereocenters. The SMILES string of the molecule is O=C([C@H]1CCC(=O)N(C2CCCCCC2)C1)N1CCCCO1. The van der Waals surface area contributed by atoms with Crippen LogP contribution < -0.4 is 0 Å². The Morgan fingerprint density at radius 1 is 1.00 bits per heavy atom. The normalized spacial score (nSPS) is 28.5. The van der Waals surface area contributed by atoms with Crippen LogP contribution in [0.2, 0.25) is 0 Å². The van der Waals surface area contributed by atoms with Crippen molar-refractivity contribution >= 4 is 11.8 Å². The molecule has 0 bridgehead atoms. The highest BCUT2D eigenvalue weighted by Gasteiger charge is 2.36. The van der Waals surface area contributed by atoms with Crippen molar-refractivity contribution in [2.24, 2.45) is 5.92 Å². The van der Waals surface area contributed by atoms with Crippen LogP contribution in [0.4, 0.5) is 0 Å². The van der Waals surface area contributed by atoms with Gasteiger partial charge in [0.05, 0.1) is 12.5 Å². The Labute approximate surface area is 132 Å². The van der Waals surface area contributed by atoms with Crippen LogP contribution in [0.5, 0.6) is 0 Å². The molecule has 1 aliphatic carbocycles. The number of rotatable bonds is 2. The minimum Gasteiger partial charge on any atom is -0.339 e. The molecule has 2 saturated heterocycles. The summed E-state index contributed by atoms with van der Waals surface area (Å²) >= 11 is 0. The summed E-state index contributed by atoms with van der Waals surface area (Å²) in [5, 5.41) is 1.55. The molecule has 0 spiro atoms. The van der Waals surface area contributed by atoms with Crippen LogP contribution in [-0.2, 0) is 14.4 Å². The summed E-state index contributed by atoms with van der Waals surface area (Å²) in [4.78, 5) is 32.5. The van der Waals surface area contributed by atoms with Gasteiger partial charge < -0.3 is 4.90 Å². The average Bonchev–Trinajstić information content (AvgIpc) is 2.85. The van der Waals surface area contributed by atoms with E-state index in [0.717, 1.165) is 25.7 Å². The second kappa shape index (κ2) is 7.44. The maximum Gasteiger partial charge on any atom is 0.251 e. The number of hydrogen-bond donors (Lipinski definition) is 0. The lowest BCUT2D eigenvalue weighted by atomic mass is 9.93. The molecular weight excluding hydrogens is 280 g/mol. The van der Waals surface area contributed by atoms with Gasteiger partial charge >= 0.3 is 0 Å². The molecule has 0 N–H and O–H groups in total. The molecule has 0 radical (unpaired) electrons. The lowest BCUT2D eigenvalue weighted by Gasteiger charge is -2.39. The summed E-state index contributed by atoms with van der Waals surface area (Å²) in [7, 11) is 0. The van der Waals surface area contributed by atoms with Crippen molar-refractivity contribution in [3.63, 3.8) is 0 Å². The third-order valence-corrected chi connectivity index (χ3v) is 5.31. The van der Waals surface area contributed by atoms with Crippen molar-refractivity contribution in [3.8, 4) is 0 Å². The molecule has 5 heteroatoms. The van der Waals surface area contributed by atoms with E-state index in [4.69, 9.17) is 4.84 Å². The first-order valence-corrected chi connectivity index (χ1v) is 8.99. The van der Waals surface area contributed by atoms with Gasteiger partial charge in [0, 0.05) is 25.6 Å². The van der Waals surface area contributed by atoms with Crippen molar-refractivity contribution in [2.75, 3.05) is 19.7 Å². The molecule has 1 saturated carbocycles. The van der Waals surface area contributed by atoms with Gasteiger partial charge in [-0.25, -0.2) is 5.06 Å². The van der Waals surface area contributed by atoms with Gasteiger partial charge in [-0.2, -0.15) is 0 Å². The number of nitrogens with zero attached hydrogens (tertiary/aromatic N) is 2. The highest BCUT2D eigenvalue weighted by molar-refractivity contribution is 5.83. The van der Waals surface area contributed by atoms with Gasteiger partial charge in [0.1, 0.15) is 0 Å². The van der Waals surface area contributed by atoms with E-state index in [0.29, 0.717) is 38.6 Å². The van der Waals surface area contributed by atoms with Crippen LogP contribution >= 0.6 is 0 Å². The summed E-state index contributed by atoms with van der Waals surface area (Å²) in [5.41, 5.74) is 0. The minimum absolute atomic E-state index is 0.0703. The molecule has 0 aromatic rings. The number of hydroxylamine groups is 2. The topological polar surface area (TPSA) is 49.9 Å². The lowest BCUT2D eigenvalue weighted by Crippen LogP contribution is -2.51. The van der Waals surface area contributed by atoms with Crippen molar-refractivity contribution in [1.29, 1.82) is 0 Å². The Bertz CT molecular complexity index is 399. The fraction of sp³-hybridized carbons (Fsp3) is 0.882. The van der Waals surface area contributed by atoms with E-state index in [1.807, 2.05) is 4.90 Å². The smallest absolute Gasteiger partial charge is 0.251 e. The first-order chi connectivity index (χ1) is 10.8. The number of carbonyl (C=O) groups is 2. The molecule has 0 aromatic carbocycles. The van der Waals surface area contributed by atoms with E-state index in [9.17, 15) is 9.59 Å². The lowest BCUT2D eigenvalue weighted by molar-refractivity contribution is -0.203. The maximum atomic E-state index is 12.6. The van der Waals surface area contributed by atoms with Crippen molar-refractivity contribution in [1.82, 2.24) is 9.96 Å². The van der Waals surface area contributed by atoms with Crippen LogP contribution in [0.1, 0.15) is 64.2 Å². The monoisotopic (exact) mass is 308 g/mol. The standard InChI is InChI=1S/C17H28N2O3/c20-16-10-9-14(17(21)19-11-5-6-12-22-19)13-18(16)15-7-3-1-2-4-8-15/h14-15H,1-13H2/t14-/m0/s1. The number of likely N-dealkylation sites (tertiary alicyclic amines) is 1. The Hall–Kier alpha value is -1.10. The fourth-order valence-corrected chi connectivity index (χ4v) is 3.97. The van der Waals surface area contributed by atoms with Crippen molar-refractivity contribution < 1.29 is 14.4 Å². The Balaban J connectivity index is 1.62. The highest BCUT2D eigenvalue weighted by atomic mass is 16.7. The van der Waals surface area contributed by atoms with Gasteiger partial charge in [-0.3, -0.25) is 14.4 Å². The summed E-state index contributed by atoms with van der Waals surface area (Å²) in [6.07, 6.45) is 10.4. The van der Waals surface area contributed by atoms with Crippen LogP contribution in [0.3, 0.4) is 0 Å². The van der Waals surface area contributed by atoms with E-state index in [-0.39, 0.29) is 17.7 Å². The molecule has 22 heavy (non-hydrogen) atoms. The molecule has 3 aliphatic rings. The van der Waals surface area contributed by atoms with Crippen molar-refractivity contribution in [2.45, 2.75) is 70.3 Å². The largest absolute Gasteiger partial charge is 0.339 e. The van der Waals surface area contributed by atoms with Crippen LogP contribution in [0.15, 0.2) is 0 Å². The molecule has 124 valence electrons. The van der Waals surface area contributed by atoms with E-state index in [1.54, 1.807) is 5.06 Å². The third kappa shape index (κ3) is 3.62. The van der Waals surface area contributed by atoms with Gasteiger partial charge in [0.2, 0.25) is 5.91 Å². The van der Waals surface area contributed by atoms with Gasteiger partial charge in [0.25, 0.3) is 5.91 Å². The van der Waals surface area contributed by atoms with Gasteiger partial charge in [-0.15, -0.1) is 0 Å². The quantitative estimate of drug-likeness (QED) is 0.737. The Morgan fingerprint density at radius 3 is 2.45 bits per heavy atom. The maximum absolute atomic E-state index is 12.6. The summed E-state index contributed by atoms with van der Waals surface area (Å²) in [6.45, 7) is 1.94. The predicted molar refractivity (Wildman–Crippen MR) is 82.8 cm³/mol. The number of amides is 2. The van der Waals surface area contributed by atoms with E-state index in [1.165, 1.54) is 25.7 Å². The highest BCUT2D eigenvalue weighted by Crippen LogP contribution is 2.28. The van der Waals surface area contributed by atoms with Crippen LogP contribution in [-0.4, -0.2) is 47.5 Å². The second-order valence-corrected chi connectivity index (χ2v) is 6.91. The minimum atomic E-state index is -0.0703. The summed E-state index contributed by atoms with van der Waals surface area (Å²) < 4.78 is 0. The van der Waals surface area contributed by atoms with Crippen molar-refractivity contribution in [3.05, 3.63) is 0 Å². The fourth-order valence-electron chi connectivity index (χ4n) is 3.97. The molecule has 2 amide bonds. The molecule has 0 aromatic heterocycles. The average molecular weight is 308 g/mol. The number of piperidine rings is 1. The third-order valence-electron chi connectivity index (χ3n) is 5.31. The first-order valence-electron chi connectivity index (χ1n) is 8.99. The van der Waals surface area contributed by atoms with Gasteiger partial charge in [0.15, 0.2) is 0 Å². The first kappa shape index (κ1) is 15.8. The molecule has 2 aliphatic heterocycles. The molecule has 3 fully saturated rings. The summed E-state index contributed by atoms with van der Waals surface area (Å²) in [6, 6.07) is 0.355.